The smallest absolute Gasteiger partial charge is 0.312 e. The number of aliphatic carboxylic acids is 1. The Bertz CT molecular complexity index is 489. The monoisotopic (exact) mass is 251 g/mol. The van der Waals surface area contributed by atoms with E-state index >= 15 is 0 Å². The lowest BCUT2D eigenvalue weighted by Gasteiger charge is -2.24. The van der Waals surface area contributed by atoms with Gasteiger partial charge in [0.1, 0.15) is 30.9 Å². The molecule has 1 fully saturated rings. The molecule has 1 heterocycles. The Morgan fingerprint density at radius 1 is 1.33 bits per heavy atom. The van der Waals surface area contributed by atoms with Crippen LogP contribution in [0.2, 0.25) is 0 Å². The summed E-state index contributed by atoms with van der Waals surface area (Å²) < 4.78 is 10.8. The molecule has 2 N–H and O–H groups in total. The molecular weight excluding hydrogens is 238 g/mol. The molecule has 1 aromatic carbocycles. The highest BCUT2D eigenvalue weighted by Gasteiger charge is 2.49. The predicted octanol–water partition coefficient (Wildman–Crippen LogP) is -0.0549. The van der Waals surface area contributed by atoms with Gasteiger partial charge in [-0.3, -0.25) is 4.79 Å². The number of rotatable bonds is 3. The largest absolute Gasteiger partial charge is 0.629 e. The van der Waals surface area contributed by atoms with Gasteiger partial charge in [-0.25, -0.2) is 0 Å². The molecule has 1 aliphatic carbocycles. The summed E-state index contributed by atoms with van der Waals surface area (Å²) in [6.07, 6.45) is 0.433. The average Bonchev–Trinajstić information content (AvgIpc) is 3.17. The van der Waals surface area contributed by atoms with Gasteiger partial charge in [0.05, 0.1) is 0 Å². The molecule has 6 nitrogen and oxygen atoms in total. The lowest BCUT2D eigenvalue weighted by Crippen LogP contribution is -3.04. The molecule has 6 heteroatoms. The molecule has 2 aliphatic rings. The van der Waals surface area contributed by atoms with Crippen LogP contribution in [-0.4, -0.2) is 30.3 Å². The minimum absolute atomic E-state index is 0.126. The lowest BCUT2D eigenvalue weighted by atomic mass is 10.2. The predicted molar refractivity (Wildman–Crippen MR) is 61.0 cm³/mol. The summed E-state index contributed by atoms with van der Waals surface area (Å²) >= 11 is 0. The molecule has 1 saturated carbocycles. The van der Waals surface area contributed by atoms with E-state index in [2.05, 4.69) is 0 Å². The van der Waals surface area contributed by atoms with Crippen LogP contribution in [0.4, 0.5) is 5.69 Å². The molecule has 3 rings (SSSR count). The fourth-order valence-corrected chi connectivity index (χ4v) is 2.17. The number of hydrogen-bond acceptors (Lipinski definition) is 4. The van der Waals surface area contributed by atoms with E-state index in [-0.39, 0.29) is 11.1 Å². The topological polar surface area (TPSA) is 83.3 Å². The average molecular weight is 251 g/mol. The van der Waals surface area contributed by atoms with Gasteiger partial charge in [0.2, 0.25) is 0 Å². The Kier molecular flexibility index (Phi) is 2.61. The molecule has 1 unspecified atom stereocenters. The van der Waals surface area contributed by atoms with Crippen LogP contribution in [0.1, 0.15) is 6.42 Å². The zero-order valence-electron chi connectivity index (χ0n) is 9.59. The van der Waals surface area contributed by atoms with E-state index in [9.17, 15) is 10.0 Å². The number of hydroxylamine groups is 1. The highest BCUT2D eigenvalue weighted by Crippen LogP contribution is 2.33. The summed E-state index contributed by atoms with van der Waals surface area (Å²) in [4.78, 5) is 10.7. The summed E-state index contributed by atoms with van der Waals surface area (Å²) in [5, 5.41) is 20.7. The van der Waals surface area contributed by atoms with E-state index in [4.69, 9.17) is 14.6 Å². The summed E-state index contributed by atoms with van der Waals surface area (Å²) in [6.45, 7) is 0.968. The second-order valence-corrected chi connectivity index (χ2v) is 4.51. The lowest BCUT2D eigenvalue weighted by molar-refractivity contribution is -0.790. The van der Waals surface area contributed by atoms with Gasteiger partial charge < -0.3 is 24.9 Å². The summed E-state index contributed by atoms with van der Waals surface area (Å²) in [5.74, 6) is -0.236. The molecular formula is C12H13NO5. The van der Waals surface area contributed by atoms with Gasteiger partial charge in [-0.2, -0.15) is 0 Å². The molecule has 0 amide bonds. The van der Waals surface area contributed by atoms with E-state index < -0.39 is 11.9 Å². The molecule has 0 aromatic heterocycles. The molecule has 96 valence electrons. The van der Waals surface area contributed by atoms with Crippen molar-refractivity contribution in [3.05, 3.63) is 23.4 Å². The van der Waals surface area contributed by atoms with Crippen LogP contribution in [0.25, 0.3) is 0 Å². The molecule has 0 saturated heterocycles. The van der Waals surface area contributed by atoms with Crippen LogP contribution in [0.3, 0.4) is 0 Å². The third kappa shape index (κ3) is 1.89. The fourth-order valence-electron chi connectivity index (χ4n) is 2.17. The van der Waals surface area contributed by atoms with Gasteiger partial charge in [-0.1, -0.05) is 0 Å². The van der Waals surface area contributed by atoms with Crippen molar-refractivity contribution in [1.82, 2.24) is 0 Å². The molecule has 0 bridgehead atoms. The molecule has 0 spiro atoms. The van der Waals surface area contributed by atoms with Crippen molar-refractivity contribution in [3.63, 3.8) is 0 Å². The van der Waals surface area contributed by atoms with Crippen LogP contribution >= 0.6 is 0 Å². The first kappa shape index (κ1) is 11.3. The number of fused-ring (bicyclic) bond motifs is 1. The third-order valence-corrected chi connectivity index (χ3v) is 3.27. The van der Waals surface area contributed by atoms with E-state index in [0.29, 0.717) is 36.8 Å². The van der Waals surface area contributed by atoms with Crippen molar-refractivity contribution in [2.24, 2.45) is 5.92 Å². The normalized spacial score (nSPS) is 26.5. The van der Waals surface area contributed by atoms with Crippen molar-refractivity contribution in [3.8, 4) is 11.5 Å². The SMILES string of the molecule is O=C(O)[C@H]1C[C@@H]1[NH+]([O-])c1ccc2c(c1)OCCO2. The molecule has 1 aliphatic heterocycles. The van der Waals surface area contributed by atoms with Crippen molar-refractivity contribution in [1.29, 1.82) is 0 Å². The van der Waals surface area contributed by atoms with Crippen LogP contribution < -0.4 is 14.5 Å². The van der Waals surface area contributed by atoms with Crippen molar-refractivity contribution in [2.75, 3.05) is 13.2 Å². The maximum Gasteiger partial charge on any atom is 0.312 e. The highest BCUT2D eigenvalue weighted by molar-refractivity contribution is 5.74. The standard InChI is InChI=1S/C12H13NO5/c14-12(15)8-6-9(8)13(16)7-1-2-10-11(5-7)18-4-3-17-10/h1-2,5,8-9,13H,3-4,6H2,(H,14,15)/t8-,9-/m0/s1. The van der Waals surface area contributed by atoms with Crippen molar-refractivity contribution in [2.45, 2.75) is 12.5 Å². The number of hydrogen-bond donors (Lipinski definition) is 2. The number of nitrogens with one attached hydrogen (secondary N) is 1. The zero-order valence-corrected chi connectivity index (χ0v) is 9.59. The Labute approximate surface area is 103 Å². The van der Waals surface area contributed by atoms with Gasteiger partial charge in [-0.15, -0.1) is 0 Å². The van der Waals surface area contributed by atoms with Gasteiger partial charge in [-0.05, 0) is 6.07 Å². The van der Waals surface area contributed by atoms with Gasteiger partial charge in [0.15, 0.2) is 11.5 Å². The van der Waals surface area contributed by atoms with E-state index in [1.54, 1.807) is 18.2 Å². The number of ether oxygens (including phenoxy) is 2. The second-order valence-electron chi connectivity index (χ2n) is 4.51. The third-order valence-electron chi connectivity index (χ3n) is 3.27. The van der Waals surface area contributed by atoms with Crippen LogP contribution in [0.15, 0.2) is 18.2 Å². The van der Waals surface area contributed by atoms with Crippen LogP contribution in [-0.2, 0) is 4.79 Å². The van der Waals surface area contributed by atoms with Gasteiger partial charge in [0.25, 0.3) is 0 Å². The molecule has 3 atom stereocenters. The Hall–Kier alpha value is -1.79. The summed E-state index contributed by atoms with van der Waals surface area (Å²) in [7, 11) is 0. The number of benzene rings is 1. The van der Waals surface area contributed by atoms with E-state index in [0.717, 1.165) is 0 Å². The quantitative estimate of drug-likeness (QED) is 0.736. The van der Waals surface area contributed by atoms with Crippen molar-refractivity contribution >= 4 is 11.7 Å². The number of carboxylic acid groups (broad SMARTS) is 1. The van der Waals surface area contributed by atoms with E-state index in [1.807, 2.05) is 0 Å². The Balaban J connectivity index is 1.78. The van der Waals surface area contributed by atoms with Crippen LogP contribution in [0, 0.1) is 11.1 Å². The fraction of sp³-hybridized carbons (Fsp3) is 0.417. The Morgan fingerprint density at radius 3 is 2.72 bits per heavy atom. The van der Waals surface area contributed by atoms with E-state index in [1.165, 1.54) is 0 Å². The highest BCUT2D eigenvalue weighted by atomic mass is 16.6. The second kappa shape index (κ2) is 4.15. The number of carbonyl (C=O) groups is 1. The first-order chi connectivity index (χ1) is 8.66. The van der Waals surface area contributed by atoms with Gasteiger partial charge in [0, 0.05) is 18.6 Å². The molecule has 18 heavy (non-hydrogen) atoms. The maximum absolute atomic E-state index is 12.0. The Morgan fingerprint density at radius 2 is 2.06 bits per heavy atom. The van der Waals surface area contributed by atoms with Gasteiger partial charge >= 0.3 is 5.97 Å². The zero-order chi connectivity index (χ0) is 12.7. The molecule has 1 aromatic rings. The molecule has 0 radical (unpaired) electrons. The van der Waals surface area contributed by atoms with Crippen LogP contribution in [0.5, 0.6) is 11.5 Å². The number of carboxylic acids is 1. The maximum atomic E-state index is 12.0. The minimum atomic E-state index is -0.897. The van der Waals surface area contributed by atoms with Crippen molar-refractivity contribution < 1.29 is 24.4 Å². The first-order valence-corrected chi connectivity index (χ1v) is 5.83. The number of quaternary nitrogens is 1. The first-order valence-electron chi connectivity index (χ1n) is 5.83. The summed E-state index contributed by atoms with van der Waals surface area (Å²) in [6, 6.07) is 4.60. The minimum Gasteiger partial charge on any atom is -0.629 e. The summed E-state index contributed by atoms with van der Waals surface area (Å²) in [5.41, 5.74) is 0.494.